The molecule has 2 aromatic rings. The molecule has 2 fully saturated rings. The van der Waals surface area contributed by atoms with E-state index in [1.54, 1.807) is 4.90 Å². The number of rotatable bonds is 4. The number of fused-ring (bicyclic) bond motifs is 2. The molecule has 1 N–H and O–H groups in total. The second-order valence-electron chi connectivity index (χ2n) is 9.24. The lowest BCUT2D eigenvalue weighted by Crippen LogP contribution is -2.51. The first kappa shape index (κ1) is 23.3. The number of halogens is 3. The summed E-state index contributed by atoms with van der Waals surface area (Å²) < 4.78 is 38.2. The summed E-state index contributed by atoms with van der Waals surface area (Å²) in [6.45, 7) is 2.09. The highest BCUT2D eigenvalue weighted by Crippen LogP contribution is 2.41. The molecule has 0 bridgehead atoms. The standard InChI is InChI=1S/C25H25F3N4O3/c26-25(27,28)19-7-5-17(6-8-19)15-30-11-13-31(14-12-30)21(33)16-32-22(34)24(29-23(32)35)10-9-18-3-1-2-4-20(18)24/h1-8H,9-16H2,(H,29,35). The quantitative estimate of drug-likeness (QED) is 0.675. The Morgan fingerprint density at radius 3 is 2.34 bits per heavy atom. The third kappa shape index (κ3) is 4.27. The predicted molar refractivity (Wildman–Crippen MR) is 120 cm³/mol. The van der Waals surface area contributed by atoms with Gasteiger partial charge in [0.2, 0.25) is 5.91 Å². The van der Waals surface area contributed by atoms with Gasteiger partial charge in [0.05, 0.1) is 5.56 Å². The number of carbonyl (C=O) groups excluding carboxylic acids is 3. The topological polar surface area (TPSA) is 73.0 Å². The molecule has 1 spiro atoms. The van der Waals surface area contributed by atoms with Crippen LogP contribution in [0.4, 0.5) is 18.0 Å². The average molecular weight is 486 g/mol. The number of alkyl halides is 3. The van der Waals surface area contributed by atoms with Gasteiger partial charge in [-0.3, -0.25) is 19.4 Å². The largest absolute Gasteiger partial charge is 0.416 e. The molecule has 7 nitrogen and oxygen atoms in total. The Morgan fingerprint density at radius 1 is 0.971 bits per heavy atom. The molecule has 1 unspecified atom stereocenters. The summed E-state index contributed by atoms with van der Waals surface area (Å²) in [5, 5.41) is 2.83. The zero-order chi connectivity index (χ0) is 24.8. The van der Waals surface area contributed by atoms with E-state index >= 15 is 0 Å². The van der Waals surface area contributed by atoms with Gasteiger partial charge in [-0.15, -0.1) is 0 Å². The van der Waals surface area contributed by atoms with Crippen LogP contribution < -0.4 is 5.32 Å². The molecule has 2 saturated heterocycles. The van der Waals surface area contributed by atoms with Crippen LogP contribution in [0.3, 0.4) is 0 Å². The first-order valence-electron chi connectivity index (χ1n) is 11.6. The third-order valence-corrected chi connectivity index (χ3v) is 7.13. The summed E-state index contributed by atoms with van der Waals surface area (Å²) in [4.78, 5) is 43.5. The van der Waals surface area contributed by atoms with Crippen molar-refractivity contribution < 1.29 is 27.6 Å². The Balaban J connectivity index is 1.16. The van der Waals surface area contributed by atoms with Crippen LogP contribution in [0.1, 0.15) is 28.7 Å². The van der Waals surface area contributed by atoms with Gasteiger partial charge in [-0.25, -0.2) is 4.79 Å². The van der Waals surface area contributed by atoms with Crippen molar-refractivity contribution in [2.24, 2.45) is 0 Å². The number of imide groups is 1. The van der Waals surface area contributed by atoms with Crippen LogP contribution in [0.25, 0.3) is 0 Å². The van der Waals surface area contributed by atoms with Gasteiger partial charge >= 0.3 is 12.2 Å². The van der Waals surface area contributed by atoms with Gasteiger partial charge in [-0.05, 0) is 41.7 Å². The molecule has 0 radical (unpaired) electrons. The first-order valence-corrected chi connectivity index (χ1v) is 11.6. The highest BCUT2D eigenvalue weighted by molar-refractivity contribution is 6.09. The minimum absolute atomic E-state index is 0.300. The van der Waals surface area contributed by atoms with Gasteiger partial charge in [-0.2, -0.15) is 13.2 Å². The molecule has 10 heteroatoms. The molecular formula is C25H25F3N4O3. The van der Waals surface area contributed by atoms with Gasteiger partial charge in [0.1, 0.15) is 12.1 Å². The van der Waals surface area contributed by atoms with Crippen molar-refractivity contribution in [1.29, 1.82) is 0 Å². The molecule has 4 amide bonds. The number of piperazine rings is 1. The van der Waals surface area contributed by atoms with E-state index in [1.807, 2.05) is 24.3 Å². The Hall–Kier alpha value is -3.40. The number of nitrogens with zero attached hydrogens (tertiary/aromatic N) is 3. The number of hydrogen-bond acceptors (Lipinski definition) is 4. The SMILES string of the molecule is O=C(CN1C(=O)NC2(CCc3ccccc32)C1=O)N1CCN(Cc2ccc(C(F)(F)F)cc2)CC1. The summed E-state index contributed by atoms with van der Waals surface area (Å²) in [6.07, 6.45) is -3.20. The van der Waals surface area contributed by atoms with Crippen molar-refractivity contribution in [3.05, 3.63) is 70.8 Å². The van der Waals surface area contributed by atoms with Crippen LogP contribution in [0, 0.1) is 0 Å². The molecule has 1 aliphatic carbocycles. The summed E-state index contributed by atoms with van der Waals surface area (Å²) in [5.74, 6) is -0.687. The summed E-state index contributed by atoms with van der Waals surface area (Å²) in [5.41, 5.74) is 0.817. The molecule has 2 aliphatic heterocycles. The van der Waals surface area contributed by atoms with Gasteiger partial charge in [0.15, 0.2) is 0 Å². The second kappa shape index (κ2) is 8.67. The molecular weight excluding hydrogens is 461 g/mol. The lowest BCUT2D eigenvalue weighted by molar-refractivity contribution is -0.140. The lowest BCUT2D eigenvalue weighted by Gasteiger charge is -2.35. The maximum Gasteiger partial charge on any atom is 0.416 e. The zero-order valence-corrected chi connectivity index (χ0v) is 19.0. The van der Waals surface area contributed by atoms with E-state index in [-0.39, 0.29) is 18.4 Å². The fourth-order valence-electron chi connectivity index (χ4n) is 5.18. The monoisotopic (exact) mass is 486 g/mol. The summed E-state index contributed by atoms with van der Waals surface area (Å²) in [7, 11) is 0. The van der Waals surface area contributed by atoms with Gasteiger partial charge in [0, 0.05) is 32.7 Å². The zero-order valence-electron chi connectivity index (χ0n) is 19.0. The van der Waals surface area contributed by atoms with Crippen molar-refractivity contribution in [2.75, 3.05) is 32.7 Å². The van der Waals surface area contributed by atoms with Crippen LogP contribution in [0.2, 0.25) is 0 Å². The Bertz CT molecular complexity index is 1160. The van der Waals surface area contributed by atoms with E-state index < -0.39 is 23.3 Å². The van der Waals surface area contributed by atoms with Crippen molar-refractivity contribution in [3.63, 3.8) is 0 Å². The van der Waals surface area contributed by atoms with E-state index in [2.05, 4.69) is 10.2 Å². The molecule has 35 heavy (non-hydrogen) atoms. The molecule has 2 heterocycles. The maximum absolute atomic E-state index is 13.3. The highest BCUT2D eigenvalue weighted by atomic mass is 19.4. The van der Waals surface area contributed by atoms with Crippen LogP contribution in [0.5, 0.6) is 0 Å². The predicted octanol–water partition coefficient (Wildman–Crippen LogP) is 2.74. The van der Waals surface area contributed by atoms with E-state index in [0.29, 0.717) is 45.6 Å². The Kier molecular flexibility index (Phi) is 5.79. The molecule has 3 aliphatic rings. The smallest absolute Gasteiger partial charge is 0.339 e. The number of carbonyl (C=O) groups is 3. The molecule has 0 aromatic heterocycles. The van der Waals surface area contributed by atoms with Crippen molar-refractivity contribution in [3.8, 4) is 0 Å². The summed E-state index contributed by atoms with van der Waals surface area (Å²) >= 11 is 0. The average Bonchev–Trinajstić information content (AvgIpc) is 3.32. The Labute approximate surface area is 200 Å². The lowest BCUT2D eigenvalue weighted by atomic mass is 9.92. The van der Waals surface area contributed by atoms with Gasteiger partial charge in [-0.1, -0.05) is 36.4 Å². The molecule has 2 aromatic carbocycles. The van der Waals surface area contributed by atoms with Crippen molar-refractivity contribution in [2.45, 2.75) is 31.1 Å². The van der Waals surface area contributed by atoms with Gasteiger partial charge < -0.3 is 10.2 Å². The fraction of sp³-hybridized carbons (Fsp3) is 0.400. The molecule has 5 rings (SSSR count). The van der Waals surface area contributed by atoms with Crippen LogP contribution >= 0.6 is 0 Å². The number of nitrogens with one attached hydrogen (secondary N) is 1. The molecule has 0 saturated carbocycles. The highest BCUT2D eigenvalue weighted by Gasteiger charge is 2.55. The number of aryl methyl sites for hydroxylation is 1. The summed E-state index contributed by atoms with van der Waals surface area (Å²) in [6, 6.07) is 12.1. The number of urea groups is 1. The van der Waals surface area contributed by atoms with Crippen LogP contribution in [-0.2, 0) is 34.3 Å². The van der Waals surface area contributed by atoms with Crippen molar-refractivity contribution in [1.82, 2.24) is 20.0 Å². The first-order chi connectivity index (χ1) is 16.7. The number of hydrogen-bond donors (Lipinski definition) is 1. The third-order valence-electron chi connectivity index (χ3n) is 7.13. The van der Waals surface area contributed by atoms with E-state index in [0.717, 1.165) is 33.7 Å². The fourth-order valence-corrected chi connectivity index (χ4v) is 5.18. The second-order valence-corrected chi connectivity index (χ2v) is 9.24. The van der Waals surface area contributed by atoms with Gasteiger partial charge in [0.25, 0.3) is 5.91 Å². The normalized spacial score (nSPS) is 22.6. The van der Waals surface area contributed by atoms with E-state index in [4.69, 9.17) is 0 Å². The Morgan fingerprint density at radius 2 is 1.66 bits per heavy atom. The number of amides is 4. The van der Waals surface area contributed by atoms with Crippen LogP contribution in [-0.4, -0.2) is 65.3 Å². The molecule has 184 valence electrons. The minimum atomic E-state index is -4.36. The van der Waals surface area contributed by atoms with E-state index in [1.165, 1.54) is 12.1 Å². The minimum Gasteiger partial charge on any atom is -0.339 e. The molecule has 1 atom stereocenters. The van der Waals surface area contributed by atoms with Crippen molar-refractivity contribution >= 4 is 17.8 Å². The van der Waals surface area contributed by atoms with Crippen LogP contribution in [0.15, 0.2) is 48.5 Å². The number of benzene rings is 2. The van der Waals surface area contributed by atoms with E-state index in [9.17, 15) is 27.6 Å². The maximum atomic E-state index is 13.3.